The summed E-state index contributed by atoms with van der Waals surface area (Å²) >= 11 is 1.75. The molecule has 1 fully saturated rings. The van der Waals surface area contributed by atoms with Gasteiger partial charge >= 0.3 is 0 Å². The fourth-order valence-corrected chi connectivity index (χ4v) is 4.34. The molecule has 4 rings (SSSR count). The largest absolute Gasteiger partial charge is 0.296 e. The van der Waals surface area contributed by atoms with E-state index < -0.39 is 0 Å². The molecule has 4 nitrogen and oxygen atoms in total. The molecule has 0 unspecified atom stereocenters. The summed E-state index contributed by atoms with van der Waals surface area (Å²) in [6.07, 6.45) is 2.57. The molecule has 0 bridgehead atoms. The molecule has 1 aromatic heterocycles. The Labute approximate surface area is 159 Å². The van der Waals surface area contributed by atoms with Gasteiger partial charge in [-0.1, -0.05) is 59.8 Å². The summed E-state index contributed by atoms with van der Waals surface area (Å²) in [5, 5.41) is 10.0. The van der Waals surface area contributed by atoms with Crippen molar-refractivity contribution in [1.29, 1.82) is 0 Å². The lowest BCUT2D eigenvalue weighted by atomic mass is 10.2. The molecule has 0 saturated carbocycles. The molecule has 134 valence electrons. The summed E-state index contributed by atoms with van der Waals surface area (Å²) in [7, 11) is 0. The van der Waals surface area contributed by atoms with Crippen LogP contribution in [0.3, 0.4) is 0 Å². The van der Waals surface area contributed by atoms with Crippen LogP contribution in [-0.4, -0.2) is 32.8 Å². The van der Waals surface area contributed by atoms with Crippen molar-refractivity contribution < 1.29 is 0 Å². The van der Waals surface area contributed by atoms with Crippen molar-refractivity contribution in [2.45, 2.75) is 37.2 Å². The molecule has 5 heteroatoms. The van der Waals surface area contributed by atoms with Gasteiger partial charge in [0.2, 0.25) is 0 Å². The Morgan fingerprint density at radius 2 is 1.77 bits per heavy atom. The Morgan fingerprint density at radius 1 is 0.962 bits per heavy atom. The quantitative estimate of drug-likeness (QED) is 0.605. The van der Waals surface area contributed by atoms with Crippen molar-refractivity contribution in [2.24, 2.45) is 0 Å². The molecule has 1 saturated heterocycles. The van der Waals surface area contributed by atoms with E-state index in [0.29, 0.717) is 0 Å². The maximum absolute atomic E-state index is 4.54. The number of aromatic nitrogens is 3. The predicted molar refractivity (Wildman–Crippen MR) is 107 cm³/mol. The smallest absolute Gasteiger partial charge is 0.196 e. The predicted octanol–water partition coefficient (Wildman–Crippen LogP) is 4.46. The van der Waals surface area contributed by atoms with Crippen molar-refractivity contribution in [3.8, 4) is 5.69 Å². The fraction of sp³-hybridized carbons (Fsp3) is 0.333. The summed E-state index contributed by atoms with van der Waals surface area (Å²) in [6, 6.07) is 19.1. The van der Waals surface area contributed by atoms with Crippen LogP contribution in [0.25, 0.3) is 5.69 Å². The van der Waals surface area contributed by atoms with Crippen LogP contribution in [-0.2, 0) is 12.3 Å². The van der Waals surface area contributed by atoms with Crippen LogP contribution in [0.4, 0.5) is 0 Å². The van der Waals surface area contributed by atoms with E-state index in [-0.39, 0.29) is 0 Å². The van der Waals surface area contributed by atoms with Crippen molar-refractivity contribution in [2.75, 3.05) is 13.1 Å². The van der Waals surface area contributed by atoms with Crippen LogP contribution < -0.4 is 0 Å². The third kappa shape index (κ3) is 4.00. The summed E-state index contributed by atoms with van der Waals surface area (Å²) in [4.78, 5) is 2.47. The van der Waals surface area contributed by atoms with E-state index in [2.05, 4.69) is 75.1 Å². The van der Waals surface area contributed by atoms with Crippen molar-refractivity contribution in [3.05, 3.63) is 71.5 Å². The van der Waals surface area contributed by atoms with Gasteiger partial charge in [-0.05, 0) is 50.6 Å². The molecule has 1 aliphatic heterocycles. The number of rotatable bonds is 6. The maximum Gasteiger partial charge on any atom is 0.196 e. The van der Waals surface area contributed by atoms with Gasteiger partial charge < -0.3 is 0 Å². The van der Waals surface area contributed by atoms with E-state index in [9.17, 15) is 0 Å². The van der Waals surface area contributed by atoms with Gasteiger partial charge in [0.25, 0.3) is 0 Å². The molecule has 0 amide bonds. The molecular formula is C21H24N4S. The van der Waals surface area contributed by atoms with Gasteiger partial charge in [-0.2, -0.15) is 0 Å². The number of thioether (sulfide) groups is 1. The third-order valence-corrected chi connectivity index (χ3v) is 5.73. The molecule has 0 N–H and O–H groups in total. The molecule has 2 aromatic carbocycles. The topological polar surface area (TPSA) is 34.0 Å². The SMILES string of the molecule is Cc1cccc(CSc2nnc(CN3CCCC3)n2-c2ccccc2)c1. The third-order valence-electron chi connectivity index (χ3n) is 4.73. The Hall–Kier alpha value is -2.11. The van der Waals surface area contributed by atoms with Crippen molar-refractivity contribution in [1.82, 2.24) is 19.7 Å². The number of benzene rings is 2. The van der Waals surface area contributed by atoms with Gasteiger partial charge in [0.1, 0.15) is 0 Å². The minimum Gasteiger partial charge on any atom is -0.296 e. The number of aryl methyl sites for hydroxylation is 1. The summed E-state index contributed by atoms with van der Waals surface area (Å²) in [5.74, 6) is 1.93. The van der Waals surface area contributed by atoms with E-state index in [0.717, 1.165) is 42.1 Å². The Balaban J connectivity index is 1.60. The highest BCUT2D eigenvalue weighted by molar-refractivity contribution is 7.98. The van der Waals surface area contributed by atoms with E-state index in [1.807, 2.05) is 6.07 Å². The first-order chi connectivity index (χ1) is 12.8. The van der Waals surface area contributed by atoms with E-state index in [1.165, 1.54) is 24.0 Å². The lowest BCUT2D eigenvalue weighted by Gasteiger charge is -2.16. The zero-order valence-corrected chi connectivity index (χ0v) is 16.0. The van der Waals surface area contributed by atoms with Crippen LogP contribution >= 0.6 is 11.8 Å². The molecule has 26 heavy (non-hydrogen) atoms. The highest BCUT2D eigenvalue weighted by Crippen LogP contribution is 2.26. The first-order valence-corrected chi connectivity index (χ1v) is 10.2. The highest BCUT2D eigenvalue weighted by Gasteiger charge is 2.19. The second-order valence-corrected chi connectivity index (χ2v) is 7.77. The monoisotopic (exact) mass is 364 g/mol. The molecule has 0 aliphatic carbocycles. The van der Waals surface area contributed by atoms with Gasteiger partial charge in [0.15, 0.2) is 11.0 Å². The molecule has 2 heterocycles. The van der Waals surface area contributed by atoms with Gasteiger partial charge in [0.05, 0.1) is 6.54 Å². The van der Waals surface area contributed by atoms with Gasteiger partial charge in [-0.15, -0.1) is 10.2 Å². The fourth-order valence-electron chi connectivity index (χ4n) is 3.42. The Bertz CT molecular complexity index is 853. The second kappa shape index (κ2) is 8.06. The lowest BCUT2D eigenvalue weighted by Crippen LogP contribution is -2.21. The standard InChI is InChI=1S/C21H24N4S/c1-17-8-7-9-18(14-17)16-26-21-23-22-20(15-24-12-5-6-13-24)25(21)19-10-3-2-4-11-19/h2-4,7-11,14H,5-6,12-13,15-16H2,1H3. The van der Waals surface area contributed by atoms with E-state index >= 15 is 0 Å². The molecule has 0 atom stereocenters. The van der Waals surface area contributed by atoms with Crippen molar-refractivity contribution >= 4 is 11.8 Å². The highest BCUT2D eigenvalue weighted by atomic mass is 32.2. The van der Waals surface area contributed by atoms with Gasteiger partial charge in [0, 0.05) is 11.4 Å². The number of para-hydroxylation sites is 1. The average Bonchev–Trinajstić information content (AvgIpc) is 3.31. The van der Waals surface area contributed by atoms with E-state index in [1.54, 1.807) is 11.8 Å². The lowest BCUT2D eigenvalue weighted by molar-refractivity contribution is 0.319. The molecule has 0 radical (unpaired) electrons. The van der Waals surface area contributed by atoms with Crippen LogP contribution in [0.2, 0.25) is 0 Å². The maximum atomic E-state index is 4.54. The second-order valence-electron chi connectivity index (χ2n) is 6.83. The normalized spacial score (nSPS) is 14.8. The molecule has 3 aromatic rings. The zero-order valence-electron chi connectivity index (χ0n) is 15.1. The molecule has 0 spiro atoms. The average molecular weight is 365 g/mol. The summed E-state index contributed by atoms with van der Waals surface area (Å²) in [6.45, 7) is 5.32. The number of hydrogen-bond acceptors (Lipinski definition) is 4. The minimum atomic E-state index is 0.868. The van der Waals surface area contributed by atoms with Crippen LogP contribution in [0.5, 0.6) is 0 Å². The summed E-state index contributed by atoms with van der Waals surface area (Å²) in [5.41, 5.74) is 3.75. The minimum absolute atomic E-state index is 0.868. The van der Waals surface area contributed by atoms with E-state index in [4.69, 9.17) is 0 Å². The summed E-state index contributed by atoms with van der Waals surface area (Å²) < 4.78 is 2.22. The van der Waals surface area contributed by atoms with Crippen LogP contribution in [0.15, 0.2) is 59.8 Å². The van der Waals surface area contributed by atoms with Crippen molar-refractivity contribution in [3.63, 3.8) is 0 Å². The van der Waals surface area contributed by atoms with Crippen LogP contribution in [0.1, 0.15) is 29.8 Å². The van der Waals surface area contributed by atoms with Gasteiger partial charge in [-0.3, -0.25) is 9.47 Å². The Morgan fingerprint density at radius 3 is 2.54 bits per heavy atom. The number of likely N-dealkylation sites (tertiary alicyclic amines) is 1. The zero-order chi connectivity index (χ0) is 17.8. The molecular weight excluding hydrogens is 340 g/mol. The number of hydrogen-bond donors (Lipinski definition) is 0. The Kier molecular flexibility index (Phi) is 5.37. The number of nitrogens with zero attached hydrogens (tertiary/aromatic N) is 4. The van der Waals surface area contributed by atoms with Gasteiger partial charge in [-0.25, -0.2) is 0 Å². The molecule has 1 aliphatic rings. The first kappa shape index (κ1) is 17.3. The first-order valence-electron chi connectivity index (χ1n) is 9.20. The van der Waals surface area contributed by atoms with Crippen LogP contribution in [0, 0.1) is 6.92 Å².